The average Bonchev–Trinajstić information content (AvgIpc) is 2.42. The molecule has 0 radical (unpaired) electrons. The fourth-order valence-electron chi connectivity index (χ4n) is 1.71. The van der Waals surface area contributed by atoms with Crippen LogP contribution in [0.5, 0.6) is 11.5 Å². The Balaban J connectivity index is 3.32. The molecular formula is C15H17BrN2O3. The van der Waals surface area contributed by atoms with Gasteiger partial charge in [0.25, 0.3) is 5.91 Å². The fraction of sp³-hybridized carbons (Fsp3) is 0.333. The van der Waals surface area contributed by atoms with E-state index < -0.39 is 5.91 Å². The van der Waals surface area contributed by atoms with E-state index in [9.17, 15) is 4.79 Å². The largest absolute Gasteiger partial charge is 0.493 e. The monoisotopic (exact) mass is 352 g/mol. The molecule has 6 heteroatoms. The molecule has 0 fully saturated rings. The minimum absolute atomic E-state index is 0.00199. The van der Waals surface area contributed by atoms with Crippen LogP contribution in [0.2, 0.25) is 0 Å². The highest BCUT2D eigenvalue weighted by Gasteiger charge is 2.14. The van der Waals surface area contributed by atoms with Gasteiger partial charge in [-0.2, -0.15) is 5.26 Å². The number of amides is 1. The number of benzene rings is 1. The van der Waals surface area contributed by atoms with E-state index in [1.807, 2.05) is 19.9 Å². The Morgan fingerprint density at radius 3 is 2.52 bits per heavy atom. The first kappa shape index (κ1) is 17.1. The third kappa shape index (κ3) is 4.50. The second-order valence-corrected chi connectivity index (χ2v) is 5.44. The van der Waals surface area contributed by atoms with Gasteiger partial charge < -0.3 is 14.8 Å². The predicted molar refractivity (Wildman–Crippen MR) is 84.1 cm³/mol. The number of hydrogen-bond acceptors (Lipinski definition) is 4. The summed E-state index contributed by atoms with van der Waals surface area (Å²) in [6.45, 7) is 3.66. The zero-order valence-electron chi connectivity index (χ0n) is 12.4. The molecule has 0 heterocycles. The van der Waals surface area contributed by atoms with Crippen molar-refractivity contribution in [3.63, 3.8) is 0 Å². The van der Waals surface area contributed by atoms with Gasteiger partial charge in [0, 0.05) is 16.1 Å². The van der Waals surface area contributed by atoms with Gasteiger partial charge in [0.05, 0.1) is 14.2 Å². The first-order chi connectivity index (χ1) is 9.92. The Morgan fingerprint density at radius 1 is 1.38 bits per heavy atom. The maximum absolute atomic E-state index is 11.9. The molecule has 1 aromatic carbocycles. The quantitative estimate of drug-likeness (QED) is 0.653. The van der Waals surface area contributed by atoms with Crippen molar-refractivity contribution in [2.75, 3.05) is 14.2 Å². The number of nitrogens with zero attached hydrogens (tertiary/aromatic N) is 1. The third-order valence-electron chi connectivity index (χ3n) is 2.56. The van der Waals surface area contributed by atoms with E-state index in [-0.39, 0.29) is 11.6 Å². The molecule has 21 heavy (non-hydrogen) atoms. The van der Waals surface area contributed by atoms with E-state index in [0.29, 0.717) is 17.1 Å². The minimum Gasteiger partial charge on any atom is -0.493 e. The number of carbonyl (C=O) groups excluding carboxylic acids is 1. The molecule has 1 amide bonds. The highest BCUT2D eigenvalue weighted by atomic mass is 79.9. The summed E-state index contributed by atoms with van der Waals surface area (Å²) in [4.78, 5) is 11.9. The molecule has 1 N–H and O–H groups in total. The van der Waals surface area contributed by atoms with Crippen LogP contribution >= 0.6 is 15.9 Å². The van der Waals surface area contributed by atoms with Gasteiger partial charge in [0.2, 0.25) is 0 Å². The van der Waals surface area contributed by atoms with Gasteiger partial charge in [-0.1, -0.05) is 15.9 Å². The lowest BCUT2D eigenvalue weighted by Crippen LogP contribution is -2.30. The van der Waals surface area contributed by atoms with E-state index in [4.69, 9.17) is 14.7 Å². The van der Waals surface area contributed by atoms with Crippen molar-refractivity contribution < 1.29 is 14.3 Å². The van der Waals surface area contributed by atoms with Crippen LogP contribution < -0.4 is 14.8 Å². The van der Waals surface area contributed by atoms with Gasteiger partial charge in [-0.15, -0.1) is 0 Å². The fourth-order valence-corrected chi connectivity index (χ4v) is 2.16. The molecule has 1 aromatic rings. The van der Waals surface area contributed by atoms with Crippen LogP contribution in [0.15, 0.2) is 22.2 Å². The van der Waals surface area contributed by atoms with Crippen LogP contribution in [-0.2, 0) is 4.79 Å². The number of nitrogens with one attached hydrogen (secondary N) is 1. The summed E-state index contributed by atoms with van der Waals surface area (Å²) >= 11 is 3.36. The summed E-state index contributed by atoms with van der Waals surface area (Å²) in [7, 11) is 3.03. The number of ether oxygens (including phenoxy) is 2. The molecule has 112 valence electrons. The summed E-state index contributed by atoms with van der Waals surface area (Å²) in [5, 5.41) is 11.8. The first-order valence-corrected chi connectivity index (χ1v) is 7.06. The molecule has 0 aliphatic rings. The Morgan fingerprint density at radius 2 is 2.05 bits per heavy atom. The van der Waals surface area contributed by atoms with E-state index in [0.717, 1.165) is 4.47 Å². The first-order valence-electron chi connectivity index (χ1n) is 6.27. The number of carbonyl (C=O) groups is 1. The van der Waals surface area contributed by atoms with E-state index >= 15 is 0 Å². The van der Waals surface area contributed by atoms with Crippen molar-refractivity contribution in [1.29, 1.82) is 5.26 Å². The van der Waals surface area contributed by atoms with Crippen molar-refractivity contribution in [3.05, 3.63) is 27.7 Å². The third-order valence-corrected chi connectivity index (χ3v) is 3.01. The number of halogens is 1. The molecule has 0 saturated carbocycles. The summed E-state index contributed by atoms with van der Waals surface area (Å²) in [6.07, 6.45) is 1.48. The van der Waals surface area contributed by atoms with Gasteiger partial charge in [-0.05, 0) is 32.1 Å². The van der Waals surface area contributed by atoms with Crippen molar-refractivity contribution >= 4 is 27.9 Å². The van der Waals surface area contributed by atoms with Gasteiger partial charge in [-0.3, -0.25) is 4.79 Å². The minimum atomic E-state index is -0.423. The molecule has 0 aromatic heterocycles. The average molecular weight is 353 g/mol. The molecule has 0 aliphatic heterocycles. The number of nitriles is 1. The molecule has 1 rings (SSSR count). The summed E-state index contributed by atoms with van der Waals surface area (Å²) in [6, 6.07) is 5.35. The molecule has 5 nitrogen and oxygen atoms in total. The van der Waals surface area contributed by atoms with Crippen LogP contribution in [0.1, 0.15) is 19.4 Å². The maximum atomic E-state index is 11.9. The lowest BCUT2D eigenvalue weighted by atomic mass is 10.1. The molecular weight excluding hydrogens is 336 g/mol. The van der Waals surface area contributed by atoms with Gasteiger partial charge >= 0.3 is 0 Å². The van der Waals surface area contributed by atoms with E-state index in [2.05, 4.69) is 21.2 Å². The number of methoxy groups -OCH3 is 2. The van der Waals surface area contributed by atoms with Crippen molar-refractivity contribution in [2.24, 2.45) is 0 Å². The second-order valence-electron chi connectivity index (χ2n) is 4.53. The predicted octanol–water partition coefficient (Wildman–Crippen LogP) is 2.90. The summed E-state index contributed by atoms with van der Waals surface area (Å²) in [5.41, 5.74) is 0.585. The van der Waals surface area contributed by atoms with Crippen LogP contribution in [0.4, 0.5) is 0 Å². The SMILES string of the molecule is COc1cc(Br)cc(/C=C(\C#N)C(=O)NC(C)C)c1OC. The molecule has 0 spiro atoms. The van der Waals surface area contributed by atoms with Crippen LogP contribution in [0.3, 0.4) is 0 Å². The van der Waals surface area contributed by atoms with Gasteiger partial charge in [0.1, 0.15) is 11.6 Å². The normalized spacial score (nSPS) is 11.0. The lowest BCUT2D eigenvalue weighted by Gasteiger charge is -2.12. The van der Waals surface area contributed by atoms with Crippen molar-refractivity contribution in [1.82, 2.24) is 5.32 Å². The molecule has 0 aliphatic carbocycles. The molecule has 0 unspecified atom stereocenters. The molecule has 0 atom stereocenters. The van der Waals surface area contributed by atoms with E-state index in [1.54, 1.807) is 12.1 Å². The Hall–Kier alpha value is -2.00. The summed E-state index contributed by atoms with van der Waals surface area (Å²) < 4.78 is 11.3. The Bertz CT molecular complexity index is 604. The number of hydrogen-bond donors (Lipinski definition) is 1. The molecule has 0 saturated heterocycles. The second kappa shape index (κ2) is 7.70. The Kier molecular flexibility index (Phi) is 6.25. The zero-order valence-corrected chi connectivity index (χ0v) is 13.9. The molecule has 0 bridgehead atoms. The van der Waals surface area contributed by atoms with E-state index in [1.165, 1.54) is 20.3 Å². The van der Waals surface area contributed by atoms with Gasteiger partial charge in [0.15, 0.2) is 11.5 Å². The zero-order chi connectivity index (χ0) is 16.0. The lowest BCUT2D eigenvalue weighted by molar-refractivity contribution is -0.117. The maximum Gasteiger partial charge on any atom is 0.262 e. The topological polar surface area (TPSA) is 71.3 Å². The summed E-state index contributed by atoms with van der Waals surface area (Å²) in [5.74, 6) is 0.555. The smallest absolute Gasteiger partial charge is 0.262 e. The standard InChI is InChI=1S/C15H17BrN2O3/c1-9(2)18-15(19)11(8-17)5-10-6-12(16)7-13(20-3)14(10)21-4/h5-7,9H,1-4H3,(H,18,19)/b11-5+. The Labute approximate surface area is 132 Å². The van der Waals surface area contributed by atoms with Gasteiger partial charge in [-0.25, -0.2) is 0 Å². The highest BCUT2D eigenvalue weighted by molar-refractivity contribution is 9.10. The van der Waals surface area contributed by atoms with Crippen molar-refractivity contribution in [2.45, 2.75) is 19.9 Å². The van der Waals surface area contributed by atoms with Crippen LogP contribution in [-0.4, -0.2) is 26.2 Å². The van der Waals surface area contributed by atoms with Crippen molar-refractivity contribution in [3.8, 4) is 17.6 Å². The van der Waals surface area contributed by atoms with Crippen LogP contribution in [0.25, 0.3) is 6.08 Å². The highest BCUT2D eigenvalue weighted by Crippen LogP contribution is 2.35. The van der Waals surface area contributed by atoms with Crippen LogP contribution in [0, 0.1) is 11.3 Å². The number of rotatable bonds is 5.